The van der Waals surface area contributed by atoms with Crippen molar-refractivity contribution in [2.45, 2.75) is 19.4 Å². The maximum Gasteiger partial charge on any atom is 0.269 e. The van der Waals surface area contributed by atoms with Gasteiger partial charge in [0, 0.05) is 18.7 Å². The minimum atomic E-state index is -0.343. The number of nitrogens with zero attached hydrogens (tertiary/aromatic N) is 1. The molecule has 2 aliphatic rings. The second-order valence-electron chi connectivity index (χ2n) is 5.60. The van der Waals surface area contributed by atoms with E-state index in [2.05, 4.69) is 17.5 Å². The monoisotopic (exact) mass is 258 g/mol. The van der Waals surface area contributed by atoms with Gasteiger partial charge in [0.05, 0.1) is 4.92 Å². The van der Waals surface area contributed by atoms with Gasteiger partial charge in [-0.25, -0.2) is 0 Å². The molecule has 0 spiro atoms. The number of non-ortho nitro benzene ring substituents is 1. The van der Waals surface area contributed by atoms with Gasteiger partial charge in [-0.3, -0.25) is 10.1 Å². The molecule has 0 radical (unpaired) electrons. The molecule has 2 bridgehead atoms. The van der Waals surface area contributed by atoms with E-state index < -0.39 is 0 Å². The summed E-state index contributed by atoms with van der Waals surface area (Å²) >= 11 is 0. The van der Waals surface area contributed by atoms with Crippen molar-refractivity contribution in [2.75, 3.05) is 6.54 Å². The fraction of sp³-hybridized carbons (Fsp3) is 0.467. The summed E-state index contributed by atoms with van der Waals surface area (Å²) in [4.78, 5) is 10.4. The molecule has 0 heterocycles. The van der Waals surface area contributed by atoms with Crippen LogP contribution in [0.5, 0.6) is 0 Å². The van der Waals surface area contributed by atoms with E-state index in [1.165, 1.54) is 18.9 Å². The van der Waals surface area contributed by atoms with Gasteiger partial charge < -0.3 is 5.32 Å². The molecule has 0 saturated heterocycles. The minimum Gasteiger partial charge on any atom is -0.312 e. The molecule has 0 aromatic heterocycles. The lowest BCUT2D eigenvalue weighted by Gasteiger charge is -2.18. The van der Waals surface area contributed by atoms with Crippen LogP contribution in [0, 0.1) is 27.9 Å². The summed E-state index contributed by atoms with van der Waals surface area (Å²) in [7, 11) is 0. The molecule has 4 nitrogen and oxygen atoms in total. The second-order valence-corrected chi connectivity index (χ2v) is 5.60. The maximum atomic E-state index is 10.7. The summed E-state index contributed by atoms with van der Waals surface area (Å²) in [5, 5.41) is 14.1. The van der Waals surface area contributed by atoms with Crippen molar-refractivity contribution in [1.29, 1.82) is 0 Å². The summed E-state index contributed by atoms with van der Waals surface area (Å²) < 4.78 is 0. The molecule has 0 aliphatic heterocycles. The smallest absolute Gasteiger partial charge is 0.269 e. The first-order valence-corrected chi connectivity index (χ1v) is 6.85. The molecule has 3 unspecified atom stereocenters. The molecule has 4 heteroatoms. The van der Waals surface area contributed by atoms with Gasteiger partial charge in [0.15, 0.2) is 0 Å². The third kappa shape index (κ3) is 2.68. The second kappa shape index (κ2) is 5.13. The van der Waals surface area contributed by atoms with Crippen LogP contribution < -0.4 is 5.32 Å². The Hall–Kier alpha value is -1.68. The van der Waals surface area contributed by atoms with Crippen molar-refractivity contribution in [2.24, 2.45) is 17.8 Å². The Kier molecular flexibility index (Phi) is 3.34. The third-order valence-electron chi connectivity index (χ3n) is 4.27. The molecule has 19 heavy (non-hydrogen) atoms. The van der Waals surface area contributed by atoms with Crippen LogP contribution in [0.2, 0.25) is 0 Å². The molecule has 2 aliphatic carbocycles. The van der Waals surface area contributed by atoms with E-state index in [4.69, 9.17) is 0 Å². The van der Waals surface area contributed by atoms with E-state index in [0.29, 0.717) is 6.54 Å². The Morgan fingerprint density at radius 3 is 2.89 bits per heavy atom. The van der Waals surface area contributed by atoms with E-state index in [1.807, 2.05) is 6.07 Å². The van der Waals surface area contributed by atoms with Gasteiger partial charge in [0.2, 0.25) is 0 Å². The zero-order valence-corrected chi connectivity index (χ0v) is 10.8. The SMILES string of the molecule is O=[N+]([O-])c1cccc(CNCC2CC3C=CC2C3)c1. The number of fused-ring (bicyclic) bond motifs is 2. The first kappa shape index (κ1) is 12.4. The van der Waals surface area contributed by atoms with Gasteiger partial charge in [-0.1, -0.05) is 24.3 Å². The number of nitro groups is 1. The molecule has 1 saturated carbocycles. The lowest BCUT2D eigenvalue weighted by atomic mass is 9.93. The Balaban J connectivity index is 1.51. The summed E-state index contributed by atoms with van der Waals surface area (Å²) in [6.07, 6.45) is 7.32. The van der Waals surface area contributed by atoms with E-state index >= 15 is 0 Å². The van der Waals surface area contributed by atoms with Crippen molar-refractivity contribution in [3.8, 4) is 0 Å². The van der Waals surface area contributed by atoms with Crippen LogP contribution >= 0.6 is 0 Å². The van der Waals surface area contributed by atoms with E-state index in [1.54, 1.807) is 12.1 Å². The molecular formula is C15H18N2O2. The zero-order valence-electron chi connectivity index (χ0n) is 10.8. The van der Waals surface area contributed by atoms with Crippen molar-refractivity contribution in [3.63, 3.8) is 0 Å². The van der Waals surface area contributed by atoms with Gasteiger partial charge in [0.1, 0.15) is 0 Å². The van der Waals surface area contributed by atoms with Gasteiger partial charge in [-0.2, -0.15) is 0 Å². The van der Waals surface area contributed by atoms with Crippen LogP contribution in [-0.4, -0.2) is 11.5 Å². The summed E-state index contributed by atoms with van der Waals surface area (Å²) in [6, 6.07) is 6.86. The highest BCUT2D eigenvalue weighted by Gasteiger charge is 2.34. The maximum absolute atomic E-state index is 10.7. The Morgan fingerprint density at radius 2 is 2.21 bits per heavy atom. The highest BCUT2D eigenvalue weighted by molar-refractivity contribution is 5.34. The lowest BCUT2D eigenvalue weighted by molar-refractivity contribution is -0.384. The topological polar surface area (TPSA) is 55.2 Å². The van der Waals surface area contributed by atoms with Crippen LogP contribution in [0.4, 0.5) is 5.69 Å². The van der Waals surface area contributed by atoms with Gasteiger partial charge in [-0.15, -0.1) is 0 Å². The predicted molar refractivity (Wildman–Crippen MR) is 73.6 cm³/mol. The van der Waals surface area contributed by atoms with E-state index in [9.17, 15) is 10.1 Å². The number of hydrogen-bond donors (Lipinski definition) is 1. The molecular weight excluding hydrogens is 240 g/mol. The van der Waals surface area contributed by atoms with Crippen molar-refractivity contribution in [1.82, 2.24) is 5.32 Å². The van der Waals surface area contributed by atoms with Gasteiger partial charge in [-0.05, 0) is 42.7 Å². The summed E-state index contributed by atoms with van der Waals surface area (Å²) in [5.74, 6) is 2.30. The molecule has 1 N–H and O–H groups in total. The summed E-state index contributed by atoms with van der Waals surface area (Å²) in [5.41, 5.74) is 1.15. The van der Waals surface area contributed by atoms with Gasteiger partial charge in [0.25, 0.3) is 5.69 Å². The molecule has 1 aromatic rings. The zero-order chi connectivity index (χ0) is 13.2. The predicted octanol–water partition coefficient (Wildman–Crippen LogP) is 2.90. The standard InChI is InChI=1S/C15H18N2O2/c18-17(19)15-3-1-2-12(8-15)9-16-10-14-7-11-4-5-13(14)6-11/h1-5,8,11,13-14,16H,6-7,9-10H2. The molecule has 1 fully saturated rings. The number of hydrogen-bond acceptors (Lipinski definition) is 3. The molecule has 3 atom stereocenters. The number of allylic oxidation sites excluding steroid dienone is 2. The highest BCUT2D eigenvalue weighted by Crippen LogP contribution is 2.42. The average Bonchev–Trinajstić information content (AvgIpc) is 3.01. The largest absolute Gasteiger partial charge is 0.312 e. The highest BCUT2D eigenvalue weighted by atomic mass is 16.6. The van der Waals surface area contributed by atoms with Crippen LogP contribution in [0.25, 0.3) is 0 Å². The molecule has 0 amide bonds. The molecule has 3 rings (SSSR count). The molecule has 100 valence electrons. The fourth-order valence-corrected chi connectivity index (χ4v) is 3.31. The van der Waals surface area contributed by atoms with Crippen LogP contribution in [0.1, 0.15) is 18.4 Å². The third-order valence-corrected chi connectivity index (χ3v) is 4.27. The number of nitrogens with one attached hydrogen (secondary N) is 1. The van der Waals surface area contributed by atoms with Crippen LogP contribution in [0.3, 0.4) is 0 Å². The van der Waals surface area contributed by atoms with Crippen molar-refractivity contribution in [3.05, 3.63) is 52.1 Å². The van der Waals surface area contributed by atoms with E-state index in [-0.39, 0.29) is 10.6 Å². The first-order chi connectivity index (χ1) is 9.22. The van der Waals surface area contributed by atoms with Crippen LogP contribution in [0.15, 0.2) is 36.4 Å². The average molecular weight is 258 g/mol. The quantitative estimate of drug-likeness (QED) is 0.502. The number of benzene rings is 1. The fourth-order valence-electron chi connectivity index (χ4n) is 3.31. The lowest BCUT2D eigenvalue weighted by Crippen LogP contribution is -2.25. The Morgan fingerprint density at radius 1 is 1.32 bits per heavy atom. The summed E-state index contributed by atoms with van der Waals surface area (Å²) in [6.45, 7) is 1.72. The number of rotatable bonds is 5. The molecule has 1 aromatic carbocycles. The Bertz CT molecular complexity index is 513. The van der Waals surface area contributed by atoms with Crippen molar-refractivity contribution < 1.29 is 4.92 Å². The van der Waals surface area contributed by atoms with Gasteiger partial charge >= 0.3 is 0 Å². The van der Waals surface area contributed by atoms with Crippen molar-refractivity contribution >= 4 is 5.69 Å². The number of nitro benzene ring substituents is 1. The normalized spacial score (nSPS) is 27.9. The minimum absolute atomic E-state index is 0.169. The first-order valence-electron chi connectivity index (χ1n) is 6.85. The van der Waals surface area contributed by atoms with Crippen LogP contribution in [-0.2, 0) is 6.54 Å². The Labute approximate surface area is 112 Å². The van der Waals surface area contributed by atoms with E-state index in [0.717, 1.165) is 29.9 Å².